The number of benzene rings is 1. The second kappa shape index (κ2) is 5.68. The lowest BCUT2D eigenvalue weighted by Gasteiger charge is -2.10. The number of carbonyl (C=O) groups excluding carboxylic acids is 1. The number of nitrogens with zero attached hydrogens (tertiary/aromatic N) is 2. The summed E-state index contributed by atoms with van der Waals surface area (Å²) in [5.41, 5.74) is 10.2. The first kappa shape index (κ1) is 14.6. The molecule has 4 nitrogen and oxygen atoms in total. The second-order valence-corrected chi connectivity index (χ2v) is 5.03. The van der Waals surface area contributed by atoms with E-state index in [2.05, 4.69) is 4.57 Å². The molecular weight excluding hydrogens is 262 g/mol. The lowest BCUT2D eigenvalue weighted by molar-refractivity contribution is -0.114. The topological polar surface area (TPSA) is 71.8 Å². The lowest BCUT2D eigenvalue weighted by Crippen LogP contribution is -2.12. The highest BCUT2D eigenvalue weighted by Gasteiger charge is 2.11. The van der Waals surface area contributed by atoms with Crippen molar-refractivity contribution in [1.29, 1.82) is 5.26 Å². The quantitative estimate of drug-likeness (QED) is 0.693. The van der Waals surface area contributed by atoms with Crippen LogP contribution in [0, 0.1) is 32.1 Å². The number of hydrogen-bond acceptors (Lipinski definition) is 2. The number of rotatable bonds is 3. The Morgan fingerprint density at radius 2 is 1.86 bits per heavy atom. The smallest absolute Gasteiger partial charge is 0.259 e. The molecule has 0 radical (unpaired) electrons. The Hall–Kier alpha value is -2.80. The van der Waals surface area contributed by atoms with E-state index >= 15 is 0 Å². The SMILES string of the molecule is Cc1ccc(-n2c(C)cc(C=C(C#N)C(N)=O)c2C)cc1. The maximum absolute atomic E-state index is 11.2. The van der Waals surface area contributed by atoms with Crippen LogP contribution in [0.25, 0.3) is 11.8 Å². The zero-order valence-electron chi connectivity index (χ0n) is 12.3. The molecule has 0 saturated carbocycles. The molecule has 0 aliphatic rings. The number of nitriles is 1. The predicted molar refractivity (Wildman–Crippen MR) is 82.8 cm³/mol. The van der Waals surface area contributed by atoms with E-state index in [1.807, 2.05) is 57.2 Å². The molecule has 0 fully saturated rings. The fourth-order valence-corrected chi connectivity index (χ4v) is 2.34. The van der Waals surface area contributed by atoms with Crippen LogP contribution in [-0.4, -0.2) is 10.5 Å². The maximum Gasteiger partial charge on any atom is 0.259 e. The van der Waals surface area contributed by atoms with E-state index in [-0.39, 0.29) is 5.57 Å². The summed E-state index contributed by atoms with van der Waals surface area (Å²) >= 11 is 0. The molecule has 1 heterocycles. The van der Waals surface area contributed by atoms with Gasteiger partial charge in [0.25, 0.3) is 5.91 Å². The van der Waals surface area contributed by atoms with E-state index in [0.717, 1.165) is 22.6 Å². The Bertz CT molecular complexity index is 759. The fraction of sp³-hybridized carbons (Fsp3) is 0.176. The van der Waals surface area contributed by atoms with Crippen LogP contribution in [0.1, 0.15) is 22.5 Å². The van der Waals surface area contributed by atoms with Gasteiger partial charge in [0.2, 0.25) is 0 Å². The summed E-state index contributed by atoms with van der Waals surface area (Å²) in [5.74, 6) is -0.711. The van der Waals surface area contributed by atoms with Gasteiger partial charge in [0.15, 0.2) is 0 Å². The normalized spacial score (nSPS) is 11.2. The summed E-state index contributed by atoms with van der Waals surface area (Å²) in [7, 11) is 0. The highest BCUT2D eigenvalue weighted by atomic mass is 16.1. The van der Waals surface area contributed by atoms with Crippen LogP contribution in [0.2, 0.25) is 0 Å². The van der Waals surface area contributed by atoms with Gasteiger partial charge in [0, 0.05) is 17.1 Å². The third kappa shape index (κ3) is 2.87. The van der Waals surface area contributed by atoms with Crippen molar-refractivity contribution in [2.24, 2.45) is 5.73 Å². The third-order valence-corrected chi connectivity index (χ3v) is 3.45. The van der Waals surface area contributed by atoms with Crippen molar-refractivity contribution in [3.63, 3.8) is 0 Å². The Balaban J connectivity index is 2.55. The molecule has 1 aromatic carbocycles. The van der Waals surface area contributed by atoms with Gasteiger partial charge in [0.05, 0.1) is 0 Å². The monoisotopic (exact) mass is 279 g/mol. The molecule has 0 aliphatic carbocycles. The molecule has 21 heavy (non-hydrogen) atoms. The van der Waals surface area contributed by atoms with E-state index in [0.29, 0.717) is 0 Å². The number of carbonyl (C=O) groups is 1. The first-order valence-corrected chi connectivity index (χ1v) is 6.61. The summed E-state index contributed by atoms with van der Waals surface area (Å²) in [6.07, 6.45) is 1.54. The molecule has 2 rings (SSSR count). The largest absolute Gasteiger partial charge is 0.365 e. The molecule has 0 aliphatic heterocycles. The Morgan fingerprint density at radius 3 is 2.38 bits per heavy atom. The third-order valence-electron chi connectivity index (χ3n) is 3.45. The molecule has 0 saturated heterocycles. The first-order valence-electron chi connectivity index (χ1n) is 6.61. The van der Waals surface area contributed by atoms with Gasteiger partial charge in [-0.1, -0.05) is 17.7 Å². The second-order valence-electron chi connectivity index (χ2n) is 5.03. The van der Waals surface area contributed by atoms with Crippen LogP contribution in [-0.2, 0) is 4.79 Å². The van der Waals surface area contributed by atoms with Gasteiger partial charge in [-0.05, 0) is 50.6 Å². The van der Waals surface area contributed by atoms with Crippen LogP contribution in [0.3, 0.4) is 0 Å². The van der Waals surface area contributed by atoms with Crippen LogP contribution < -0.4 is 5.73 Å². The van der Waals surface area contributed by atoms with Crippen molar-refractivity contribution in [3.8, 4) is 11.8 Å². The van der Waals surface area contributed by atoms with Gasteiger partial charge in [-0.15, -0.1) is 0 Å². The van der Waals surface area contributed by atoms with E-state index in [9.17, 15) is 4.79 Å². The molecule has 0 spiro atoms. The first-order chi connectivity index (χ1) is 9.93. The van der Waals surface area contributed by atoms with Crippen LogP contribution >= 0.6 is 0 Å². The van der Waals surface area contributed by atoms with Crippen LogP contribution in [0.15, 0.2) is 35.9 Å². The van der Waals surface area contributed by atoms with Gasteiger partial charge in [-0.2, -0.15) is 5.26 Å². The average molecular weight is 279 g/mol. The summed E-state index contributed by atoms with van der Waals surface area (Å²) in [4.78, 5) is 11.2. The van der Waals surface area contributed by atoms with Crippen molar-refractivity contribution in [1.82, 2.24) is 4.57 Å². The van der Waals surface area contributed by atoms with Crippen molar-refractivity contribution in [2.45, 2.75) is 20.8 Å². The molecule has 0 bridgehead atoms. The van der Waals surface area contributed by atoms with Crippen molar-refractivity contribution >= 4 is 12.0 Å². The fourth-order valence-electron chi connectivity index (χ4n) is 2.34. The summed E-state index contributed by atoms with van der Waals surface area (Å²) in [6.45, 7) is 5.98. The molecule has 106 valence electrons. The highest BCUT2D eigenvalue weighted by Crippen LogP contribution is 2.23. The van der Waals surface area contributed by atoms with Gasteiger partial charge in [-0.25, -0.2) is 0 Å². The van der Waals surface area contributed by atoms with E-state index in [4.69, 9.17) is 11.0 Å². The Kier molecular flexibility index (Phi) is 3.95. The molecule has 4 heteroatoms. The van der Waals surface area contributed by atoms with Gasteiger partial charge in [-0.3, -0.25) is 4.79 Å². The lowest BCUT2D eigenvalue weighted by atomic mass is 10.1. The molecule has 1 amide bonds. The minimum absolute atomic E-state index is 0.0424. The minimum Gasteiger partial charge on any atom is -0.365 e. The zero-order valence-corrected chi connectivity index (χ0v) is 12.3. The van der Waals surface area contributed by atoms with Gasteiger partial charge < -0.3 is 10.3 Å². The molecular formula is C17H17N3O. The average Bonchev–Trinajstić information content (AvgIpc) is 2.71. The number of hydrogen-bond donors (Lipinski definition) is 1. The van der Waals surface area contributed by atoms with Gasteiger partial charge >= 0.3 is 0 Å². The van der Waals surface area contributed by atoms with E-state index < -0.39 is 5.91 Å². The number of primary amides is 1. The summed E-state index contributed by atoms with van der Waals surface area (Å²) in [6, 6.07) is 12.0. The highest BCUT2D eigenvalue weighted by molar-refractivity contribution is 6.00. The molecule has 1 aromatic heterocycles. The van der Waals surface area contributed by atoms with Crippen molar-refractivity contribution in [3.05, 3.63) is 58.4 Å². The molecule has 0 atom stereocenters. The van der Waals surface area contributed by atoms with Crippen LogP contribution in [0.5, 0.6) is 0 Å². The van der Waals surface area contributed by atoms with Gasteiger partial charge in [0.1, 0.15) is 11.6 Å². The predicted octanol–water partition coefficient (Wildman–Crippen LogP) is 2.79. The Labute approximate surface area is 124 Å². The van der Waals surface area contributed by atoms with Crippen LogP contribution in [0.4, 0.5) is 0 Å². The van der Waals surface area contributed by atoms with Crippen molar-refractivity contribution < 1.29 is 4.79 Å². The van der Waals surface area contributed by atoms with Crippen molar-refractivity contribution in [2.75, 3.05) is 0 Å². The van der Waals surface area contributed by atoms with E-state index in [1.165, 1.54) is 11.6 Å². The van der Waals surface area contributed by atoms with E-state index in [1.54, 1.807) is 0 Å². The molecule has 2 N–H and O–H groups in total. The Morgan fingerprint density at radius 1 is 1.24 bits per heavy atom. The summed E-state index contributed by atoms with van der Waals surface area (Å²) < 4.78 is 2.08. The molecule has 0 unspecified atom stereocenters. The number of nitrogens with two attached hydrogens (primary N) is 1. The molecule has 2 aromatic rings. The summed E-state index contributed by atoms with van der Waals surface area (Å²) in [5, 5.41) is 8.95. The zero-order chi connectivity index (χ0) is 15.6. The maximum atomic E-state index is 11.2. The minimum atomic E-state index is -0.711. The number of aromatic nitrogens is 1. The number of amides is 1. The standard InChI is InChI=1S/C17H17N3O/c1-11-4-6-16(7-5-11)20-12(2)8-14(13(20)3)9-15(10-18)17(19)21/h4-9H,1-3H3,(H2,19,21). The number of aryl methyl sites for hydroxylation is 2.